The van der Waals surface area contributed by atoms with Crippen LogP contribution in [0.4, 0.5) is 0 Å². The van der Waals surface area contributed by atoms with Crippen LogP contribution in [0.2, 0.25) is 5.02 Å². The van der Waals surface area contributed by atoms with Crippen molar-refractivity contribution in [3.8, 4) is 0 Å². The number of nitrogens with one attached hydrogen (secondary N) is 2. The summed E-state index contributed by atoms with van der Waals surface area (Å²) in [5, 5.41) is 7.47. The molecule has 2 N–H and O–H groups in total. The van der Waals surface area contributed by atoms with E-state index in [0.717, 1.165) is 43.5 Å². The molecule has 0 atom stereocenters. The van der Waals surface area contributed by atoms with E-state index in [0.29, 0.717) is 0 Å². The van der Waals surface area contributed by atoms with Gasteiger partial charge in [-0.05, 0) is 49.8 Å². The third-order valence-corrected chi connectivity index (χ3v) is 4.08. The van der Waals surface area contributed by atoms with Gasteiger partial charge in [0.15, 0.2) is 5.96 Å². The van der Waals surface area contributed by atoms with E-state index in [1.807, 2.05) is 30.0 Å². The summed E-state index contributed by atoms with van der Waals surface area (Å²) in [6.07, 6.45) is 5.41. The van der Waals surface area contributed by atoms with E-state index in [1.54, 1.807) is 0 Å². The second kappa shape index (κ2) is 14.5. The molecule has 1 rings (SSSR count). The van der Waals surface area contributed by atoms with Crippen molar-refractivity contribution >= 4 is 53.3 Å². The molecule has 0 bridgehead atoms. The van der Waals surface area contributed by atoms with Crippen molar-refractivity contribution in [2.24, 2.45) is 4.99 Å². The minimum Gasteiger partial charge on any atom is -0.357 e. The molecule has 126 valence electrons. The molecule has 0 radical (unpaired) electrons. The van der Waals surface area contributed by atoms with E-state index in [9.17, 15) is 0 Å². The number of thioether (sulfide) groups is 1. The van der Waals surface area contributed by atoms with Crippen LogP contribution < -0.4 is 10.6 Å². The summed E-state index contributed by atoms with van der Waals surface area (Å²) in [4.78, 5) is 4.59. The monoisotopic (exact) mass is 455 g/mol. The zero-order valence-corrected chi connectivity index (χ0v) is 17.3. The van der Waals surface area contributed by atoms with Crippen LogP contribution in [0.5, 0.6) is 0 Å². The van der Waals surface area contributed by atoms with Gasteiger partial charge in [-0.15, -0.1) is 24.0 Å². The lowest BCUT2D eigenvalue weighted by Crippen LogP contribution is -2.38. The Kier molecular flexibility index (Phi) is 14.4. The van der Waals surface area contributed by atoms with Gasteiger partial charge in [0.05, 0.1) is 0 Å². The summed E-state index contributed by atoms with van der Waals surface area (Å²) in [7, 11) is 0. The zero-order valence-electron chi connectivity index (χ0n) is 13.4. The first-order valence-corrected chi connectivity index (χ1v) is 9.29. The Bertz CT molecular complexity index is 430. The van der Waals surface area contributed by atoms with Gasteiger partial charge in [-0.1, -0.05) is 29.8 Å². The van der Waals surface area contributed by atoms with Crippen LogP contribution in [-0.2, 0) is 6.42 Å². The number of hydrogen-bond acceptors (Lipinski definition) is 2. The molecule has 0 aromatic heterocycles. The molecule has 0 aliphatic rings. The molecule has 0 aliphatic heterocycles. The molecule has 0 saturated heterocycles. The quantitative estimate of drug-likeness (QED) is 0.254. The molecular formula is C16H27ClIN3S. The maximum atomic E-state index is 6.16. The third-order valence-electron chi connectivity index (χ3n) is 3.02. The molecule has 1 aromatic carbocycles. The summed E-state index contributed by atoms with van der Waals surface area (Å²) in [5.41, 5.74) is 1.17. The molecule has 0 saturated carbocycles. The van der Waals surface area contributed by atoms with E-state index in [1.165, 1.54) is 17.7 Å². The van der Waals surface area contributed by atoms with Gasteiger partial charge in [-0.2, -0.15) is 11.8 Å². The van der Waals surface area contributed by atoms with Gasteiger partial charge >= 0.3 is 0 Å². The van der Waals surface area contributed by atoms with Crippen molar-refractivity contribution < 1.29 is 0 Å². The molecule has 0 heterocycles. The Balaban J connectivity index is 0.00000441. The summed E-state index contributed by atoms with van der Waals surface area (Å²) in [6.45, 7) is 4.67. The second-order valence-electron chi connectivity index (χ2n) is 4.73. The fraction of sp³-hybridized carbons (Fsp3) is 0.562. The van der Waals surface area contributed by atoms with Crippen molar-refractivity contribution in [1.82, 2.24) is 10.6 Å². The third kappa shape index (κ3) is 9.79. The topological polar surface area (TPSA) is 36.4 Å². The minimum absolute atomic E-state index is 0. The second-order valence-corrected chi connectivity index (χ2v) is 6.12. The number of unbranched alkanes of at least 4 members (excludes halogenated alkanes) is 1. The molecule has 0 fully saturated rings. The SMILES string of the molecule is CCNC(=NCCCCSC)NCCc1ccccc1Cl.I. The maximum absolute atomic E-state index is 6.16. The average molecular weight is 456 g/mol. The minimum atomic E-state index is 0. The van der Waals surface area contributed by atoms with Crippen LogP contribution in [0.25, 0.3) is 0 Å². The van der Waals surface area contributed by atoms with Crippen LogP contribution in [0.15, 0.2) is 29.3 Å². The predicted octanol–water partition coefficient (Wildman–Crippen LogP) is 4.20. The Morgan fingerprint density at radius 2 is 2.00 bits per heavy atom. The Morgan fingerprint density at radius 1 is 1.23 bits per heavy atom. The smallest absolute Gasteiger partial charge is 0.191 e. The normalized spacial score (nSPS) is 11.0. The molecule has 3 nitrogen and oxygen atoms in total. The molecule has 0 spiro atoms. The van der Waals surface area contributed by atoms with E-state index in [2.05, 4.69) is 34.9 Å². The van der Waals surface area contributed by atoms with Crippen LogP contribution >= 0.6 is 47.3 Å². The van der Waals surface area contributed by atoms with Crippen molar-refractivity contribution in [3.63, 3.8) is 0 Å². The van der Waals surface area contributed by atoms with Crippen LogP contribution in [0.3, 0.4) is 0 Å². The lowest BCUT2D eigenvalue weighted by molar-refractivity contribution is 0.771. The van der Waals surface area contributed by atoms with Crippen molar-refractivity contribution in [3.05, 3.63) is 34.9 Å². The van der Waals surface area contributed by atoms with Crippen molar-refractivity contribution in [1.29, 1.82) is 0 Å². The van der Waals surface area contributed by atoms with E-state index in [-0.39, 0.29) is 24.0 Å². The summed E-state index contributed by atoms with van der Waals surface area (Å²) < 4.78 is 0. The molecule has 22 heavy (non-hydrogen) atoms. The molecule has 0 amide bonds. The van der Waals surface area contributed by atoms with Crippen LogP contribution in [0, 0.1) is 0 Å². The predicted molar refractivity (Wildman–Crippen MR) is 112 cm³/mol. The Hall–Kier alpha value is -0.140. The van der Waals surface area contributed by atoms with E-state index < -0.39 is 0 Å². The number of halogens is 2. The first-order chi connectivity index (χ1) is 10.3. The number of rotatable bonds is 9. The Morgan fingerprint density at radius 3 is 2.68 bits per heavy atom. The number of aliphatic imine (C=N–C) groups is 1. The summed E-state index contributed by atoms with van der Waals surface area (Å²) in [6, 6.07) is 7.98. The first-order valence-electron chi connectivity index (χ1n) is 7.52. The van der Waals surface area contributed by atoms with Gasteiger partial charge in [0.2, 0.25) is 0 Å². The van der Waals surface area contributed by atoms with Gasteiger partial charge in [0.1, 0.15) is 0 Å². The molecule has 0 aliphatic carbocycles. The Labute approximate surface area is 161 Å². The first kappa shape index (κ1) is 21.9. The maximum Gasteiger partial charge on any atom is 0.191 e. The fourth-order valence-corrected chi connectivity index (χ4v) is 2.63. The highest BCUT2D eigenvalue weighted by Gasteiger charge is 2.00. The summed E-state index contributed by atoms with van der Waals surface area (Å²) >= 11 is 8.05. The van der Waals surface area contributed by atoms with Crippen molar-refractivity contribution in [2.45, 2.75) is 26.2 Å². The largest absolute Gasteiger partial charge is 0.357 e. The van der Waals surface area contributed by atoms with E-state index in [4.69, 9.17) is 11.6 Å². The number of hydrogen-bond donors (Lipinski definition) is 2. The molecular weight excluding hydrogens is 429 g/mol. The lowest BCUT2D eigenvalue weighted by Gasteiger charge is -2.11. The zero-order chi connectivity index (χ0) is 15.3. The van der Waals surface area contributed by atoms with Gasteiger partial charge in [0, 0.05) is 24.7 Å². The van der Waals surface area contributed by atoms with Crippen molar-refractivity contribution in [2.75, 3.05) is 31.6 Å². The summed E-state index contributed by atoms with van der Waals surface area (Å²) in [5.74, 6) is 2.11. The number of nitrogens with zero attached hydrogens (tertiary/aromatic N) is 1. The molecule has 0 unspecified atom stereocenters. The number of guanidine groups is 1. The highest BCUT2D eigenvalue weighted by Crippen LogP contribution is 2.14. The standard InChI is InChI=1S/C16H26ClN3S.HI/c1-3-18-16(19-11-6-7-13-21-2)20-12-10-14-8-4-5-9-15(14)17;/h4-5,8-9H,3,6-7,10-13H2,1-2H3,(H2,18,19,20);1H. The van der Waals surface area contributed by atoms with Gasteiger partial charge < -0.3 is 10.6 Å². The molecule has 1 aromatic rings. The lowest BCUT2D eigenvalue weighted by atomic mass is 10.1. The van der Waals surface area contributed by atoms with E-state index >= 15 is 0 Å². The molecule has 6 heteroatoms. The van der Waals surface area contributed by atoms with Gasteiger partial charge in [-0.25, -0.2) is 0 Å². The van der Waals surface area contributed by atoms with Crippen LogP contribution in [-0.4, -0.2) is 37.6 Å². The highest BCUT2D eigenvalue weighted by molar-refractivity contribution is 14.0. The highest BCUT2D eigenvalue weighted by atomic mass is 127. The van der Waals surface area contributed by atoms with Crippen LogP contribution in [0.1, 0.15) is 25.3 Å². The average Bonchev–Trinajstić information content (AvgIpc) is 2.49. The fourth-order valence-electron chi connectivity index (χ4n) is 1.91. The van der Waals surface area contributed by atoms with Gasteiger partial charge in [0.25, 0.3) is 0 Å². The van der Waals surface area contributed by atoms with Gasteiger partial charge in [-0.3, -0.25) is 4.99 Å². The number of benzene rings is 1.